The van der Waals surface area contributed by atoms with Gasteiger partial charge in [0, 0.05) is 6.42 Å². The molecule has 1 aromatic heterocycles. The second-order valence-electron chi connectivity index (χ2n) is 4.88. The fourth-order valence-electron chi connectivity index (χ4n) is 2.56. The first-order valence-electron chi connectivity index (χ1n) is 6.95. The van der Waals surface area contributed by atoms with Crippen molar-refractivity contribution in [3.8, 4) is 0 Å². The molecule has 0 atom stereocenters. The monoisotopic (exact) mass is 308 g/mol. The zero-order chi connectivity index (χ0) is 14.8. The van der Waals surface area contributed by atoms with E-state index in [2.05, 4.69) is 4.98 Å². The first-order chi connectivity index (χ1) is 10.2. The van der Waals surface area contributed by atoms with Crippen molar-refractivity contribution in [2.24, 2.45) is 5.73 Å². The van der Waals surface area contributed by atoms with Gasteiger partial charge in [-0.25, -0.2) is 9.66 Å². The minimum atomic E-state index is -0.143. The van der Waals surface area contributed by atoms with E-state index in [0.29, 0.717) is 61.0 Å². The Morgan fingerprint density at radius 2 is 2.10 bits per heavy atom. The first kappa shape index (κ1) is 14.3. The summed E-state index contributed by atoms with van der Waals surface area (Å²) in [5, 5.41) is 2.82. The highest BCUT2D eigenvalue weighted by Crippen LogP contribution is 2.19. The average molecular weight is 309 g/mol. The van der Waals surface area contributed by atoms with Crippen LogP contribution in [0.5, 0.6) is 0 Å². The Labute approximate surface area is 127 Å². The van der Waals surface area contributed by atoms with Crippen LogP contribution < -0.4 is 16.3 Å². The molecule has 1 aliphatic rings. The number of ether oxygens (including phenoxy) is 1. The maximum Gasteiger partial charge on any atom is 0.281 e. The first-order valence-corrected chi connectivity index (χ1v) is 7.33. The van der Waals surface area contributed by atoms with E-state index < -0.39 is 0 Å². The van der Waals surface area contributed by atoms with Crippen molar-refractivity contribution in [2.75, 3.05) is 37.9 Å². The molecule has 1 aromatic carbocycles. The number of nitrogens with zero attached hydrogens (tertiary/aromatic N) is 3. The van der Waals surface area contributed by atoms with Gasteiger partial charge in [-0.15, -0.1) is 0 Å². The quantitative estimate of drug-likeness (QED) is 0.895. The Kier molecular flexibility index (Phi) is 4.10. The lowest BCUT2D eigenvalue weighted by Crippen LogP contribution is -2.50. The third-order valence-corrected chi connectivity index (χ3v) is 3.85. The van der Waals surface area contributed by atoms with Crippen LogP contribution in [0.1, 0.15) is 5.82 Å². The molecule has 1 saturated heterocycles. The minimum Gasteiger partial charge on any atom is -0.378 e. The Bertz CT molecular complexity index is 710. The summed E-state index contributed by atoms with van der Waals surface area (Å²) in [6.07, 6.45) is 0.537. The van der Waals surface area contributed by atoms with Gasteiger partial charge in [-0.05, 0) is 18.7 Å². The van der Waals surface area contributed by atoms with Gasteiger partial charge in [-0.2, -0.15) is 0 Å². The Morgan fingerprint density at radius 1 is 1.33 bits per heavy atom. The minimum absolute atomic E-state index is 0.143. The molecule has 0 radical (unpaired) electrons. The maximum absolute atomic E-state index is 12.9. The van der Waals surface area contributed by atoms with E-state index in [-0.39, 0.29) is 5.56 Å². The van der Waals surface area contributed by atoms with Crippen molar-refractivity contribution in [2.45, 2.75) is 6.42 Å². The second-order valence-corrected chi connectivity index (χ2v) is 5.29. The van der Waals surface area contributed by atoms with Crippen LogP contribution in [0.25, 0.3) is 10.9 Å². The smallest absolute Gasteiger partial charge is 0.281 e. The van der Waals surface area contributed by atoms with Gasteiger partial charge in [0.15, 0.2) is 0 Å². The molecule has 1 fully saturated rings. The molecule has 0 unspecified atom stereocenters. The summed E-state index contributed by atoms with van der Waals surface area (Å²) in [6.45, 7) is 2.91. The molecule has 0 saturated carbocycles. The Morgan fingerprint density at radius 3 is 2.81 bits per heavy atom. The van der Waals surface area contributed by atoms with E-state index in [1.54, 1.807) is 22.9 Å². The molecular weight excluding hydrogens is 292 g/mol. The normalized spacial score (nSPS) is 15.6. The fraction of sp³-hybridized carbons (Fsp3) is 0.429. The lowest BCUT2D eigenvalue weighted by Gasteiger charge is -2.31. The van der Waals surface area contributed by atoms with Gasteiger partial charge in [-0.3, -0.25) is 4.79 Å². The number of aromatic nitrogens is 2. The summed E-state index contributed by atoms with van der Waals surface area (Å²) < 4.78 is 6.96. The molecule has 2 heterocycles. The van der Waals surface area contributed by atoms with Crippen molar-refractivity contribution in [3.05, 3.63) is 39.4 Å². The molecule has 2 N–H and O–H groups in total. The topological polar surface area (TPSA) is 73.4 Å². The fourth-order valence-corrected chi connectivity index (χ4v) is 2.81. The molecule has 0 bridgehead atoms. The summed E-state index contributed by atoms with van der Waals surface area (Å²) in [5.74, 6) is 0.666. The molecule has 1 aliphatic heterocycles. The molecule has 3 rings (SSSR count). The van der Waals surface area contributed by atoms with Crippen LogP contribution in [0.3, 0.4) is 0 Å². The standard InChI is InChI=1S/C14H17ClN4O2/c15-10-2-1-3-11-13(10)14(20)19(12(17-11)4-5-16)18-6-8-21-9-7-18/h1-3H,4-9,16H2. The predicted molar refractivity (Wildman–Crippen MR) is 82.5 cm³/mol. The van der Waals surface area contributed by atoms with Crippen molar-refractivity contribution in [1.29, 1.82) is 0 Å². The van der Waals surface area contributed by atoms with Crippen molar-refractivity contribution in [1.82, 2.24) is 9.66 Å². The molecule has 0 amide bonds. The summed E-state index contributed by atoms with van der Waals surface area (Å²) in [5.41, 5.74) is 6.13. The third kappa shape index (κ3) is 2.62. The summed E-state index contributed by atoms with van der Waals surface area (Å²) in [6, 6.07) is 5.30. The highest BCUT2D eigenvalue weighted by molar-refractivity contribution is 6.35. The number of hydrogen-bond acceptors (Lipinski definition) is 5. The van der Waals surface area contributed by atoms with Crippen LogP contribution in [0.2, 0.25) is 5.02 Å². The van der Waals surface area contributed by atoms with E-state index in [1.807, 2.05) is 5.01 Å². The van der Waals surface area contributed by atoms with E-state index in [4.69, 9.17) is 22.1 Å². The number of hydrogen-bond donors (Lipinski definition) is 1. The highest BCUT2D eigenvalue weighted by atomic mass is 35.5. The van der Waals surface area contributed by atoms with Crippen LogP contribution in [0.4, 0.5) is 0 Å². The van der Waals surface area contributed by atoms with Gasteiger partial charge in [0.25, 0.3) is 5.56 Å². The molecular formula is C14H17ClN4O2. The second kappa shape index (κ2) is 6.01. The van der Waals surface area contributed by atoms with Gasteiger partial charge in [0.2, 0.25) is 0 Å². The van der Waals surface area contributed by atoms with Gasteiger partial charge in [-0.1, -0.05) is 17.7 Å². The van der Waals surface area contributed by atoms with E-state index in [9.17, 15) is 4.79 Å². The van der Waals surface area contributed by atoms with Gasteiger partial charge in [0.05, 0.1) is 42.2 Å². The van der Waals surface area contributed by atoms with Crippen LogP contribution in [0.15, 0.2) is 23.0 Å². The maximum atomic E-state index is 12.9. The Hall–Kier alpha value is -1.63. The molecule has 0 spiro atoms. The van der Waals surface area contributed by atoms with Crippen LogP contribution in [-0.4, -0.2) is 42.5 Å². The predicted octanol–water partition coefficient (Wildman–Crippen LogP) is 0.519. The number of fused-ring (bicyclic) bond motifs is 1. The van der Waals surface area contributed by atoms with Crippen molar-refractivity contribution in [3.63, 3.8) is 0 Å². The number of benzene rings is 1. The number of rotatable bonds is 3. The average Bonchev–Trinajstić information content (AvgIpc) is 2.48. The molecule has 0 aliphatic carbocycles. The molecule has 7 heteroatoms. The lowest BCUT2D eigenvalue weighted by atomic mass is 10.2. The Balaban J connectivity index is 2.23. The van der Waals surface area contributed by atoms with Crippen LogP contribution in [0, 0.1) is 0 Å². The van der Waals surface area contributed by atoms with Crippen LogP contribution >= 0.6 is 11.6 Å². The third-order valence-electron chi connectivity index (χ3n) is 3.53. The number of morpholine rings is 1. The van der Waals surface area contributed by atoms with Gasteiger partial charge in [0.1, 0.15) is 5.82 Å². The van der Waals surface area contributed by atoms with E-state index >= 15 is 0 Å². The van der Waals surface area contributed by atoms with Crippen LogP contribution in [-0.2, 0) is 11.2 Å². The van der Waals surface area contributed by atoms with Gasteiger partial charge >= 0.3 is 0 Å². The van der Waals surface area contributed by atoms with Crippen molar-refractivity contribution >= 4 is 22.5 Å². The zero-order valence-corrected chi connectivity index (χ0v) is 12.3. The van der Waals surface area contributed by atoms with E-state index in [0.717, 1.165) is 0 Å². The molecule has 6 nitrogen and oxygen atoms in total. The number of nitrogens with two attached hydrogens (primary N) is 1. The highest BCUT2D eigenvalue weighted by Gasteiger charge is 2.19. The SMILES string of the molecule is NCCc1nc2cccc(Cl)c2c(=O)n1N1CCOCC1. The van der Waals surface area contributed by atoms with Gasteiger partial charge < -0.3 is 15.5 Å². The van der Waals surface area contributed by atoms with Crippen molar-refractivity contribution < 1.29 is 4.74 Å². The summed E-state index contributed by atoms with van der Waals surface area (Å²) >= 11 is 6.18. The number of halogens is 1. The zero-order valence-electron chi connectivity index (χ0n) is 11.6. The van der Waals surface area contributed by atoms with E-state index in [1.165, 1.54) is 0 Å². The summed E-state index contributed by atoms with van der Waals surface area (Å²) in [4.78, 5) is 17.4. The molecule has 2 aromatic rings. The molecule has 112 valence electrons. The largest absolute Gasteiger partial charge is 0.378 e. The lowest BCUT2D eigenvalue weighted by molar-refractivity contribution is 0.110. The molecule has 21 heavy (non-hydrogen) atoms. The summed E-state index contributed by atoms with van der Waals surface area (Å²) in [7, 11) is 0.